The first-order chi connectivity index (χ1) is 18.3. The highest BCUT2D eigenvalue weighted by atomic mass is 79.9. The van der Waals surface area contributed by atoms with E-state index in [4.69, 9.17) is 23.7 Å². The lowest BCUT2D eigenvalue weighted by molar-refractivity contribution is -0.139. The normalized spacial score (nSPS) is 15.0. The zero-order chi connectivity index (χ0) is 27.6. The largest absolute Gasteiger partial charge is 0.493 e. The summed E-state index contributed by atoms with van der Waals surface area (Å²) in [5, 5.41) is 0. The van der Waals surface area contributed by atoms with E-state index in [-0.39, 0.29) is 17.7 Å². The molecule has 0 aliphatic carbocycles. The molecule has 3 aromatic rings. The predicted octanol–water partition coefficient (Wildman–Crippen LogP) is 3.60. The molecule has 1 aliphatic heterocycles. The van der Waals surface area contributed by atoms with Gasteiger partial charge in [0, 0.05) is 0 Å². The third kappa shape index (κ3) is 4.95. The van der Waals surface area contributed by atoms with E-state index in [2.05, 4.69) is 20.9 Å². The minimum absolute atomic E-state index is 0.187. The summed E-state index contributed by atoms with van der Waals surface area (Å²) in [4.78, 5) is 32.0. The second kappa shape index (κ2) is 11.4. The minimum Gasteiger partial charge on any atom is -0.493 e. The van der Waals surface area contributed by atoms with E-state index in [0.717, 1.165) is 5.56 Å². The quantitative estimate of drug-likeness (QED) is 0.363. The molecule has 0 amide bonds. The third-order valence-corrected chi connectivity index (χ3v) is 7.57. The van der Waals surface area contributed by atoms with Crippen molar-refractivity contribution in [3.63, 3.8) is 0 Å². The number of nitrogens with zero attached hydrogens (tertiary/aromatic N) is 2. The van der Waals surface area contributed by atoms with E-state index in [0.29, 0.717) is 48.1 Å². The van der Waals surface area contributed by atoms with Crippen LogP contribution in [0.1, 0.15) is 31.0 Å². The highest BCUT2D eigenvalue weighted by Gasteiger charge is 2.34. The number of methoxy groups -OCH3 is 4. The molecular weight excluding hydrogens is 576 g/mol. The lowest BCUT2D eigenvalue weighted by atomic mass is 9.95. The van der Waals surface area contributed by atoms with Gasteiger partial charge in [-0.1, -0.05) is 17.4 Å². The summed E-state index contributed by atoms with van der Waals surface area (Å²) >= 11 is 4.73. The third-order valence-electron chi connectivity index (χ3n) is 5.99. The molecule has 0 spiro atoms. The molecule has 0 fully saturated rings. The molecule has 200 valence electrons. The van der Waals surface area contributed by atoms with E-state index < -0.39 is 12.0 Å². The van der Waals surface area contributed by atoms with E-state index in [1.165, 1.54) is 23.0 Å². The zero-order valence-corrected chi connectivity index (χ0v) is 24.2. The second-order valence-corrected chi connectivity index (χ2v) is 10.0. The van der Waals surface area contributed by atoms with Gasteiger partial charge in [-0.3, -0.25) is 9.36 Å². The van der Waals surface area contributed by atoms with Crippen LogP contribution >= 0.6 is 27.3 Å². The first-order valence-electron chi connectivity index (χ1n) is 11.6. The van der Waals surface area contributed by atoms with Crippen LogP contribution in [0.4, 0.5) is 0 Å². The number of esters is 1. The molecule has 0 radical (unpaired) electrons. The fourth-order valence-corrected chi connectivity index (χ4v) is 5.97. The van der Waals surface area contributed by atoms with Crippen molar-refractivity contribution < 1.29 is 28.5 Å². The van der Waals surface area contributed by atoms with Gasteiger partial charge in [-0.25, -0.2) is 9.79 Å². The number of allylic oxidation sites excluding steroid dienone is 1. The van der Waals surface area contributed by atoms with Crippen LogP contribution in [-0.2, 0) is 9.53 Å². The Hall–Kier alpha value is -3.57. The van der Waals surface area contributed by atoms with Gasteiger partial charge in [0.05, 0.1) is 61.4 Å². The van der Waals surface area contributed by atoms with Gasteiger partial charge in [0.25, 0.3) is 5.56 Å². The molecule has 2 heterocycles. The van der Waals surface area contributed by atoms with Crippen LogP contribution in [0.15, 0.2) is 55.9 Å². The maximum atomic E-state index is 13.9. The van der Waals surface area contributed by atoms with Gasteiger partial charge >= 0.3 is 5.97 Å². The summed E-state index contributed by atoms with van der Waals surface area (Å²) in [6, 6.07) is 8.13. The molecule has 2 aromatic carbocycles. The van der Waals surface area contributed by atoms with Crippen LogP contribution in [0.3, 0.4) is 0 Å². The van der Waals surface area contributed by atoms with Gasteiger partial charge in [-0.05, 0) is 71.2 Å². The first kappa shape index (κ1) is 27.5. The predicted molar refractivity (Wildman–Crippen MR) is 147 cm³/mol. The molecule has 1 atom stereocenters. The smallest absolute Gasteiger partial charge is 0.338 e. The Kier molecular flexibility index (Phi) is 8.27. The van der Waals surface area contributed by atoms with Gasteiger partial charge < -0.3 is 23.7 Å². The molecule has 0 bridgehead atoms. The lowest BCUT2D eigenvalue weighted by Crippen LogP contribution is -2.40. The van der Waals surface area contributed by atoms with E-state index in [9.17, 15) is 9.59 Å². The number of carbonyl (C=O) groups excluding carboxylic acids is 1. The Balaban J connectivity index is 1.96. The molecule has 4 rings (SSSR count). The number of benzene rings is 2. The van der Waals surface area contributed by atoms with Gasteiger partial charge in [0.2, 0.25) is 0 Å². The molecule has 38 heavy (non-hydrogen) atoms. The number of aromatic nitrogens is 1. The van der Waals surface area contributed by atoms with Crippen LogP contribution < -0.4 is 33.8 Å². The van der Waals surface area contributed by atoms with Crippen molar-refractivity contribution in [3.8, 4) is 23.0 Å². The number of thiazole rings is 1. The minimum atomic E-state index is -0.774. The number of ether oxygens (including phenoxy) is 5. The average molecular weight is 603 g/mol. The number of hydrogen-bond donors (Lipinski definition) is 0. The first-order valence-corrected chi connectivity index (χ1v) is 13.2. The lowest BCUT2D eigenvalue weighted by Gasteiger charge is -2.25. The second-order valence-electron chi connectivity index (χ2n) is 8.15. The standard InChI is InChI=1S/C27H27BrN2O7S/c1-7-37-26(32)22-14(2)29-27-30(23(22)16-8-9-18(33-3)19(13-16)34-4)25(31)21(38-27)12-15-10-17(28)24(36-6)20(11-15)35-5/h8-13,23H,7H2,1-6H3/t23-/m0/s1. The monoisotopic (exact) mass is 602 g/mol. The average Bonchev–Trinajstić information content (AvgIpc) is 3.21. The Morgan fingerprint density at radius 3 is 2.39 bits per heavy atom. The Bertz CT molecular complexity index is 1610. The molecular formula is C27H27BrN2O7S. The Morgan fingerprint density at radius 1 is 1.05 bits per heavy atom. The maximum absolute atomic E-state index is 13.9. The van der Waals surface area contributed by atoms with Crippen molar-refractivity contribution in [2.24, 2.45) is 4.99 Å². The Labute approximate surface area is 231 Å². The molecule has 0 saturated heterocycles. The van der Waals surface area contributed by atoms with Crippen LogP contribution in [0.5, 0.6) is 23.0 Å². The summed E-state index contributed by atoms with van der Waals surface area (Å²) in [5.74, 6) is 1.53. The van der Waals surface area contributed by atoms with Crippen molar-refractivity contribution in [1.82, 2.24) is 4.57 Å². The van der Waals surface area contributed by atoms with Gasteiger partial charge in [0.1, 0.15) is 0 Å². The molecule has 0 saturated carbocycles. The fourth-order valence-electron chi connectivity index (χ4n) is 4.30. The fraction of sp³-hybridized carbons (Fsp3) is 0.296. The number of hydrogen-bond acceptors (Lipinski definition) is 9. The van der Waals surface area contributed by atoms with Gasteiger partial charge in [-0.15, -0.1) is 0 Å². The number of halogens is 1. The zero-order valence-electron chi connectivity index (χ0n) is 21.8. The summed E-state index contributed by atoms with van der Waals surface area (Å²) in [6.07, 6.45) is 1.76. The number of rotatable bonds is 8. The highest BCUT2D eigenvalue weighted by molar-refractivity contribution is 9.10. The van der Waals surface area contributed by atoms with Crippen molar-refractivity contribution in [1.29, 1.82) is 0 Å². The Morgan fingerprint density at radius 2 is 1.76 bits per heavy atom. The maximum Gasteiger partial charge on any atom is 0.338 e. The van der Waals surface area contributed by atoms with Crippen molar-refractivity contribution >= 4 is 39.3 Å². The summed E-state index contributed by atoms with van der Waals surface area (Å²) in [6.45, 7) is 3.66. The van der Waals surface area contributed by atoms with Crippen LogP contribution in [0, 0.1) is 0 Å². The molecule has 9 nitrogen and oxygen atoms in total. The van der Waals surface area contributed by atoms with Crippen LogP contribution in [-0.4, -0.2) is 45.6 Å². The molecule has 11 heteroatoms. The van der Waals surface area contributed by atoms with Crippen molar-refractivity contribution in [3.05, 3.63) is 76.9 Å². The molecule has 0 unspecified atom stereocenters. The van der Waals surface area contributed by atoms with Gasteiger partial charge in [-0.2, -0.15) is 0 Å². The topological polar surface area (TPSA) is 97.6 Å². The SMILES string of the molecule is CCOC(=O)C1=C(C)N=c2sc(=Cc3cc(Br)c(OC)c(OC)c3)c(=O)n2[C@H]1c1ccc(OC)c(OC)c1. The summed E-state index contributed by atoms with van der Waals surface area (Å²) in [5.41, 5.74) is 1.84. The molecule has 1 aliphatic rings. The van der Waals surface area contributed by atoms with Crippen LogP contribution in [0.25, 0.3) is 6.08 Å². The highest BCUT2D eigenvalue weighted by Crippen LogP contribution is 2.37. The van der Waals surface area contributed by atoms with Crippen molar-refractivity contribution in [2.45, 2.75) is 19.9 Å². The van der Waals surface area contributed by atoms with Gasteiger partial charge in [0.15, 0.2) is 27.8 Å². The molecule has 1 aromatic heterocycles. The van der Waals surface area contributed by atoms with E-state index >= 15 is 0 Å². The number of fused-ring (bicyclic) bond motifs is 1. The van der Waals surface area contributed by atoms with E-state index in [1.807, 2.05) is 6.07 Å². The molecule has 0 N–H and O–H groups in total. The van der Waals surface area contributed by atoms with E-state index in [1.54, 1.807) is 65.5 Å². The van der Waals surface area contributed by atoms with Crippen LogP contribution in [0.2, 0.25) is 0 Å². The summed E-state index contributed by atoms with van der Waals surface area (Å²) < 4.78 is 29.7. The number of carbonyl (C=O) groups is 1. The van der Waals surface area contributed by atoms with Crippen molar-refractivity contribution in [2.75, 3.05) is 35.0 Å². The summed E-state index contributed by atoms with van der Waals surface area (Å²) in [7, 11) is 6.17.